The first-order chi connectivity index (χ1) is 12.5. The highest BCUT2D eigenvalue weighted by Gasteiger charge is 2.28. The van der Waals surface area contributed by atoms with Crippen molar-refractivity contribution in [2.45, 2.75) is 33.3 Å². The molecule has 2 aromatic carbocycles. The van der Waals surface area contributed by atoms with Gasteiger partial charge in [0, 0.05) is 0 Å². The zero-order valence-electron chi connectivity index (χ0n) is 15.1. The van der Waals surface area contributed by atoms with Gasteiger partial charge in [0.05, 0.1) is 28.1 Å². The molecule has 0 aliphatic carbocycles. The lowest BCUT2D eigenvalue weighted by Gasteiger charge is -2.14. The molecule has 1 heterocycles. The van der Waals surface area contributed by atoms with Crippen molar-refractivity contribution in [1.29, 1.82) is 0 Å². The van der Waals surface area contributed by atoms with Crippen LogP contribution >= 0.6 is 11.6 Å². The highest BCUT2D eigenvalue weighted by atomic mass is 35.5. The van der Waals surface area contributed by atoms with E-state index in [9.17, 15) is 4.79 Å². The number of benzene rings is 2. The maximum Gasteiger partial charge on any atom is 0.280 e. The van der Waals surface area contributed by atoms with Gasteiger partial charge in [0.25, 0.3) is 5.91 Å². The minimum atomic E-state index is -0.148. The molecule has 0 unspecified atom stereocenters. The third kappa shape index (κ3) is 3.81. The van der Waals surface area contributed by atoms with Crippen molar-refractivity contribution in [3.8, 4) is 5.75 Å². The van der Waals surface area contributed by atoms with E-state index in [-0.39, 0.29) is 12.0 Å². The molecule has 0 saturated carbocycles. The third-order valence-corrected chi connectivity index (χ3v) is 4.53. The molecule has 26 heavy (non-hydrogen) atoms. The molecule has 3 rings (SSSR count). The number of ether oxygens (including phenoxy) is 1. The molecule has 0 fully saturated rings. The average molecular weight is 369 g/mol. The van der Waals surface area contributed by atoms with Gasteiger partial charge >= 0.3 is 0 Å². The number of halogens is 1. The van der Waals surface area contributed by atoms with Crippen LogP contribution in [-0.2, 0) is 4.79 Å². The lowest BCUT2D eigenvalue weighted by atomic mass is 10.1. The summed E-state index contributed by atoms with van der Waals surface area (Å²) in [6, 6.07) is 14.9. The van der Waals surface area contributed by atoms with Gasteiger partial charge in [-0.1, -0.05) is 42.8 Å². The van der Waals surface area contributed by atoms with E-state index in [0.29, 0.717) is 22.1 Å². The quantitative estimate of drug-likeness (QED) is 0.670. The van der Waals surface area contributed by atoms with Gasteiger partial charge in [0.1, 0.15) is 5.75 Å². The Morgan fingerprint density at radius 2 is 1.96 bits per heavy atom. The smallest absolute Gasteiger partial charge is 0.280 e. The molecular formula is C21H21ClN2O2. The maximum absolute atomic E-state index is 12.7. The maximum atomic E-state index is 12.7. The van der Waals surface area contributed by atoms with Crippen LogP contribution in [0, 0.1) is 0 Å². The zero-order chi connectivity index (χ0) is 18.7. The Bertz CT molecular complexity index is 875. The predicted molar refractivity (Wildman–Crippen MR) is 107 cm³/mol. The Hall–Kier alpha value is -2.59. The Labute approximate surface area is 158 Å². The normalized spacial score (nSPS) is 16.8. The molecule has 2 aromatic rings. The molecule has 134 valence electrons. The number of nitrogens with zero attached hydrogens (tertiary/aromatic N) is 2. The van der Waals surface area contributed by atoms with Crippen molar-refractivity contribution in [3.05, 3.63) is 64.7 Å². The van der Waals surface area contributed by atoms with E-state index in [0.717, 1.165) is 17.7 Å². The van der Waals surface area contributed by atoms with E-state index in [4.69, 9.17) is 16.3 Å². The molecule has 0 aromatic heterocycles. The average Bonchev–Trinajstić information content (AvgIpc) is 2.92. The lowest BCUT2D eigenvalue weighted by molar-refractivity contribution is -0.114. The third-order valence-electron chi connectivity index (χ3n) is 4.23. The predicted octanol–water partition coefficient (Wildman–Crippen LogP) is 5.32. The number of anilines is 1. The van der Waals surface area contributed by atoms with Crippen LogP contribution in [0.5, 0.6) is 5.75 Å². The summed E-state index contributed by atoms with van der Waals surface area (Å²) in [7, 11) is 0. The fourth-order valence-electron chi connectivity index (χ4n) is 2.60. The van der Waals surface area contributed by atoms with Gasteiger partial charge in [-0.25, -0.2) is 0 Å². The van der Waals surface area contributed by atoms with Crippen molar-refractivity contribution < 1.29 is 9.53 Å². The summed E-state index contributed by atoms with van der Waals surface area (Å²) in [6.07, 6.45) is 2.81. The van der Waals surface area contributed by atoms with Gasteiger partial charge in [-0.3, -0.25) is 4.79 Å². The molecule has 0 radical (unpaired) electrons. The van der Waals surface area contributed by atoms with Crippen molar-refractivity contribution in [2.24, 2.45) is 5.10 Å². The van der Waals surface area contributed by atoms with Crippen LogP contribution in [0.25, 0.3) is 6.08 Å². The van der Waals surface area contributed by atoms with Crippen LogP contribution in [0.3, 0.4) is 0 Å². The van der Waals surface area contributed by atoms with Crippen molar-refractivity contribution in [2.75, 3.05) is 5.01 Å². The Morgan fingerprint density at radius 3 is 2.62 bits per heavy atom. The number of carbonyl (C=O) groups is 1. The molecule has 4 nitrogen and oxygen atoms in total. The number of carbonyl (C=O) groups excluding carboxylic acids is 1. The van der Waals surface area contributed by atoms with E-state index in [1.54, 1.807) is 6.07 Å². The molecule has 0 N–H and O–H groups in total. The molecular weight excluding hydrogens is 348 g/mol. The number of para-hydroxylation sites is 1. The van der Waals surface area contributed by atoms with Crippen molar-refractivity contribution >= 4 is 35.0 Å². The Morgan fingerprint density at radius 1 is 1.23 bits per heavy atom. The molecule has 0 saturated heterocycles. The van der Waals surface area contributed by atoms with E-state index < -0.39 is 0 Å². The summed E-state index contributed by atoms with van der Waals surface area (Å²) in [5.74, 6) is 0.502. The van der Waals surface area contributed by atoms with Gasteiger partial charge in [0.15, 0.2) is 0 Å². The molecule has 5 heteroatoms. The van der Waals surface area contributed by atoms with Crippen molar-refractivity contribution in [3.63, 3.8) is 0 Å². The van der Waals surface area contributed by atoms with Gasteiger partial charge in [-0.15, -0.1) is 0 Å². The molecule has 0 bridgehead atoms. The first-order valence-electron chi connectivity index (χ1n) is 8.62. The number of amides is 1. The molecule has 1 aliphatic rings. The molecule has 1 amide bonds. The minimum absolute atomic E-state index is 0.0990. The second-order valence-electron chi connectivity index (χ2n) is 6.22. The standard InChI is InChI=1S/C21H21ClN2O2/c1-4-14(2)26-20-11-10-16(13-19(20)22)12-18-15(3)23-24(21(18)25)17-8-6-5-7-9-17/h5-14H,4H2,1-3H3/b18-12+/t14-/m1/s1. The van der Waals surface area contributed by atoms with E-state index in [1.807, 2.05) is 62.4 Å². The van der Waals surface area contributed by atoms with Crippen LogP contribution < -0.4 is 9.75 Å². The summed E-state index contributed by atoms with van der Waals surface area (Å²) in [5, 5.41) is 6.33. The van der Waals surface area contributed by atoms with Crippen LogP contribution in [0.4, 0.5) is 5.69 Å². The van der Waals surface area contributed by atoms with Crippen LogP contribution in [0.2, 0.25) is 5.02 Å². The summed E-state index contributed by atoms with van der Waals surface area (Å²) < 4.78 is 5.78. The van der Waals surface area contributed by atoms with E-state index in [2.05, 4.69) is 12.0 Å². The van der Waals surface area contributed by atoms with Gasteiger partial charge < -0.3 is 4.74 Å². The highest BCUT2D eigenvalue weighted by Crippen LogP contribution is 2.29. The fraction of sp³-hybridized carbons (Fsp3) is 0.238. The van der Waals surface area contributed by atoms with E-state index >= 15 is 0 Å². The SMILES string of the molecule is CC[C@@H](C)Oc1ccc(/C=C2/C(=O)N(c3ccccc3)N=C2C)cc1Cl. The van der Waals surface area contributed by atoms with Crippen molar-refractivity contribution in [1.82, 2.24) is 0 Å². The van der Waals surface area contributed by atoms with Gasteiger partial charge in [-0.2, -0.15) is 10.1 Å². The van der Waals surface area contributed by atoms with Gasteiger partial charge in [-0.05, 0) is 56.2 Å². The highest BCUT2D eigenvalue weighted by molar-refractivity contribution is 6.33. The lowest BCUT2D eigenvalue weighted by Crippen LogP contribution is -2.21. The molecule has 1 aliphatic heterocycles. The van der Waals surface area contributed by atoms with Gasteiger partial charge in [0.2, 0.25) is 0 Å². The topological polar surface area (TPSA) is 41.9 Å². The summed E-state index contributed by atoms with van der Waals surface area (Å²) in [4.78, 5) is 12.7. The number of rotatable bonds is 5. The first kappa shape index (κ1) is 18.2. The summed E-state index contributed by atoms with van der Waals surface area (Å²) >= 11 is 6.33. The number of hydrazone groups is 1. The Kier molecular flexibility index (Phi) is 5.43. The monoisotopic (exact) mass is 368 g/mol. The van der Waals surface area contributed by atoms with E-state index in [1.165, 1.54) is 5.01 Å². The summed E-state index contributed by atoms with van der Waals surface area (Å²) in [6.45, 7) is 5.89. The number of hydrogen-bond donors (Lipinski definition) is 0. The van der Waals surface area contributed by atoms with Crippen LogP contribution in [-0.4, -0.2) is 17.7 Å². The molecule has 0 spiro atoms. The zero-order valence-corrected chi connectivity index (χ0v) is 15.8. The van der Waals surface area contributed by atoms with Crippen LogP contribution in [0.15, 0.2) is 59.2 Å². The molecule has 1 atom stereocenters. The fourth-order valence-corrected chi connectivity index (χ4v) is 2.83. The number of hydrogen-bond acceptors (Lipinski definition) is 3. The largest absolute Gasteiger partial charge is 0.489 e. The second-order valence-corrected chi connectivity index (χ2v) is 6.63. The van der Waals surface area contributed by atoms with Crippen LogP contribution in [0.1, 0.15) is 32.8 Å². The summed E-state index contributed by atoms with van der Waals surface area (Å²) in [5.41, 5.74) is 2.81. The minimum Gasteiger partial charge on any atom is -0.489 e. The second kappa shape index (κ2) is 7.75. The Balaban J connectivity index is 1.85. The first-order valence-corrected chi connectivity index (χ1v) is 9.00.